The van der Waals surface area contributed by atoms with Crippen LogP contribution in [0.2, 0.25) is 0 Å². The van der Waals surface area contributed by atoms with E-state index in [9.17, 15) is 22.4 Å². The maximum absolute atomic E-state index is 12.9. The third kappa shape index (κ3) is 3.50. The molecule has 110 valence electrons. The van der Waals surface area contributed by atoms with Gasteiger partial charge in [0.25, 0.3) is 0 Å². The summed E-state index contributed by atoms with van der Waals surface area (Å²) in [6.07, 6.45) is -5.71. The lowest BCUT2D eigenvalue weighted by Gasteiger charge is -2.13. The van der Waals surface area contributed by atoms with E-state index < -0.39 is 23.7 Å². The van der Waals surface area contributed by atoms with Crippen molar-refractivity contribution in [3.8, 4) is 16.9 Å². The summed E-state index contributed by atoms with van der Waals surface area (Å²) in [6.45, 7) is 0. The number of benzene rings is 2. The van der Waals surface area contributed by atoms with E-state index in [2.05, 4.69) is 4.74 Å². The van der Waals surface area contributed by atoms with Crippen LogP contribution in [-0.4, -0.2) is 6.09 Å². The molecular weight excluding hydrogens is 290 g/mol. The minimum atomic E-state index is -4.56. The predicted octanol–water partition coefficient (Wildman–Crippen LogP) is 3.97. The lowest BCUT2D eigenvalue weighted by molar-refractivity contribution is -0.137. The molecule has 3 nitrogen and oxygen atoms in total. The van der Waals surface area contributed by atoms with Gasteiger partial charge in [-0.05, 0) is 35.9 Å². The fraction of sp³-hybridized carbons (Fsp3) is 0.0714. The Hall–Kier alpha value is -2.57. The Morgan fingerprint density at radius 3 is 2.19 bits per heavy atom. The van der Waals surface area contributed by atoms with Crippen LogP contribution in [0.5, 0.6) is 5.75 Å². The monoisotopic (exact) mass is 299 g/mol. The molecule has 2 aromatic carbocycles. The molecule has 2 N–H and O–H groups in total. The highest BCUT2D eigenvalue weighted by molar-refractivity contribution is 5.76. The molecule has 0 fully saturated rings. The summed E-state index contributed by atoms with van der Waals surface area (Å²) in [5, 5.41) is 0. The minimum Gasteiger partial charge on any atom is -0.410 e. The summed E-state index contributed by atoms with van der Waals surface area (Å²) in [5.41, 5.74) is 4.21. The molecule has 0 spiro atoms. The van der Waals surface area contributed by atoms with Gasteiger partial charge in [-0.25, -0.2) is 9.18 Å². The van der Waals surface area contributed by atoms with Gasteiger partial charge in [0.05, 0.1) is 5.56 Å². The van der Waals surface area contributed by atoms with Crippen molar-refractivity contribution in [2.75, 3.05) is 0 Å². The first-order valence-electron chi connectivity index (χ1n) is 5.72. The minimum absolute atomic E-state index is 0.0105. The Kier molecular flexibility index (Phi) is 3.84. The summed E-state index contributed by atoms with van der Waals surface area (Å²) < 4.78 is 55.8. The molecule has 0 atom stereocenters. The second kappa shape index (κ2) is 5.43. The Morgan fingerprint density at radius 2 is 1.67 bits per heavy atom. The van der Waals surface area contributed by atoms with E-state index in [0.29, 0.717) is 0 Å². The zero-order valence-electron chi connectivity index (χ0n) is 10.4. The quantitative estimate of drug-likeness (QED) is 0.853. The third-order valence-corrected chi connectivity index (χ3v) is 2.67. The molecule has 7 heteroatoms. The number of carbonyl (C=O) groups is 1. The van der Waals surface area contributed by atoms with E-state index in [1.807, 2.05) is 0 Å². The van der Waals surface area contributed by atoms with Crippen LogP contribution in [-0.2, 0) is 6.18 Å². The van der Waals surface area contributed by atoms with Crippen molar-refractivity contribution < 1.29 is 27.1 Å². The number of ether oxygens (including phenoxy) is 1. The summed E-state index contributed by atoms with van der Waals surface area (Å²) in [4.78, 5) is 10.8. The zero-order chi connectivity index (χ0) is 15.6. The van der Waals surface area contributed by atoms with Crippen LogP contribution in [0.25, 0.3) is 11.1 Å². The van der Waals surface area contributed by atoms with Crippen molar-refractivity contribution in [1.29, 1.82) is 0 Å². The van der Waals surface area contributed by atoms with Gasteiger partial charge in [0.1, 0.15) is 11.6 Å². The number of hydrogen-bond acceptors (Lipinski definition) is 2. The predicted molar refractivity (Wildman–Crippen MR) is 67.0 cm³/mol. The number of nitrogens with two attached hydrogens (primary N) is 1. The Bertz CT molecular complexity index is 666. The molecule has 0 heterocycles. The van der Waals surface area contributed by atoms with Crippen molar-refractivity contribution >= 4 is 6.09 Å². The van der Waals surface area contributed by atoms with Crippen molar-refractivity contribution in [1.82, 2.24) is 0 Å². The van der Waals surface area contributed by atoms with Gasteiger partial charge >= 0.3 is 12.3 Å². The first kappa shape index (κ1) is 14.8. The number of halogens is 4. The fourth-order valence-corrected chi connectivity index (χ4v) is 1.76. The molecular formula is C14H9F4NO2. The molecule has 0 aromatic heterocycles. The molecule has 0 saturated heterocycles. The highest BCUT2D eigenvalue weighted by atomic mass is 19.4. The van der Waals surface area contributed by atoms with Crippen molar-refractivity contribution in [3.63, 3.8) is 0 Å². The Morgan fingerprint density at radius 1 is 1.05 bits per heavy atom. The first-order chi connectivity index (χ1) is 9.77. The highest BCUT2D eigenvalue weighted by Gasteiger charge is 2.31. The van der Waals surface area contributed by atoms with Crippen LogP contribution in [0.15, 0.2) is 42.5 Å². The number of carbonyl (C=O) groups excluding carboxylic acids is 1. The summed E-state index contributed by atoms with van der Waals surface area (Å²) in [7, 11) is 0. The van der Waals surface area contributed by atoms with Crippen molar-refractivity contribution in [2.45, 2.75) is 6.18 Å². The van der Waals surface area contributed by atoms with Gasteiger partial charge in [0.15, 0.2) is 0 Å². The molecule has 0 bridgehead atoms. The second-order valence-corrected chi connectivity index (χ2v) is 4.14. The zero-order valence-corrected chi connectivity index (χ0v) is 10.4. The van der Waals surface area contributed by atoms with Crippen LogP contribution in [0.1, 0.15) is 5.56 Å². The Balaban J connectivity index is 2.57. The number of rotatable bonds is 2. The summed E-state index contributed by atoms with van der Waals surface area (Å²) in [5.74, 6) is -0.676. The van der Waals surface area contributed by atoms with Crippen LogP contribution in [0.4, 0.5) is 22.4 Å². The number of hydrogen-bond donors (Lipinski definition) is 1. The van der Waals surface area contributed by atoms with E-state index in [1.54, 1.807) is 0 Å². The van der Waals surface area contributed by atoms with E-state index in [1.165, 1.54) is 12.1 Å². The average molecular weight is 299 g/mol. The van der Waals surface area contributed by atoms with Gasteiger partial charge in [0.2, 0.25) is 0 Å². The smallest absolute Gasteiger partial charge is 0.410 e. The Labute approximate surface area is 116 Å². The van der Waals surface area contributed by atoms with Gasteiger partial charge in [-0.3, -0.25) is 0 Å². The lowest BCUT2D eigenvalue weighted by atomic mass is 10.0. The number of primary amides is 1. The topological polar surface area (TPSA) is 52.3 Å². The van der Waals surface area contributed by atoms with Crippen LogP contribution in [0, 0.1) is 5.82 Å². The summed E-state index contributed by atoms with van der Waals surface area (Å²) in [6, 6.07) is 7.30. The maximum Gasteiger partial charge on any atom is 0.416 e. The number of amides is 1. The molecule has 2 aromatic rings. The standard InChI is InChI=1S/C14H9F4NO2/c15-10-4-1-8(2-5-10)11-7-9(14(16,17)18)3-6-12(11)21-13(19)20/h1-7H,(H2,19,20). The van der Waals surface area contributed by atoms with E-state index in [-0.39, 0.29) is 16.9 Å². The molecule has 21 heavy (non-hydrogen) atoms. The summed E-state index contributed by atoms with van der Waals surface area (Å²) >= 11 is 0. The lowest BCUT2D eigenvalue weighted by Crippen LogP contribution is -2.17. The van der Waals surface area contributed by atoms with Crippen LogP contribution < -0.4 is 10.5 Å². The van der Waals surface area contributed by atoms with E-state index >= 15 is 0 Å². The number of alkyl halides is 3. The molecule has 0 unspecified atom stereocenters. The van der Waals surface area contributed by atoms with Crippen molar-refractivity contribution in [3.05, 3.63) is 53.8 Å². The molecule has 0 aliphatic heterocycles. The van der Waals surface area contributed by atoms with Crippen LogP contribution >= 0.6 is 0 Å². The maximum atomic E-state index is 12.9. The van der Waals surface area contributed by atoms with Crippen LogP contribution in [0.3, 0.4) is 0 Å². The fourth-order valence-electron chi connectivity index (χ4n) is 1.76. The first-order valence-corrected chi connectivity index (χ1v) is 5.72. The normalized spacial score (nSPS) is 11.2. The second-order valence-electron chi connectivity index (χ2n) is 4.14. The molecule has 1 amide bonds. The molecule has 0 aliphatic carbocycles. The van der Waals surface area contributed by atoms with Gasteiger partial charge < -0.3 is 10.5 Å². The van der Waals surface area contributed by atoms with Gasteiger partial charge in [-0.15, -0.1) is 0 Å². The molecule has 0 saturated carbocycles. The van der Waals surface area contributed by atoms with Gasteiger partial charge in [-0.2, -0.15) is 13.2 Å². The molecule has 2 rings (SSSR count). The van der Waals surface area contributed by atoms with Gasteiger partial charge in [0, 0.05) is 5.56 Å². The average Bonchev–Trinajstić information content (AvgIpc) is 2.38. The van der Waals surface area contributed by atoms with E-state index in [4.69, 9.17) is 5.73 Å². The molecule has 0 radical (unpaired) electrons. The van der Waals surface area contributed by atoms with Crippen molar-refractivity contribution in [2.24, 2.45) is 5.73 Å². The van der Waals surface area contributed by atoms with Gasteiger partial charge in [-0.1, -0.05) is 12.1 Å². The SMILES string of the molecule is NC(=O)Oc1ccc(C(F)(F)F)cc1-c1ccc(F)cc1. The third-order valence-electron chi connectivity index (χ3n) is 2.67. The largest absolute Gasteiger partial charge is 0.416 e. The molecule has 0 aliphatic rings. The highest BCUT2D eigenvalue weighted by Crippen LogP contribution is 2.37. The van der Waals surface area contributed by atoms with E-state index in [0.717, 1.165) is 30.3 Å².